The van der Waals surface area contributed by atoms with Gasteiger partial charge < -0.3 is 5.73 Å². The highest BCUT2D eigenvalue weighted by Gasteiger charge is 2.12. The van der Waals surface area contributed by atoms with E-state index >= 15 is 0 Å². The van der Waals surface area contributed by atoms with Crippen LogP contribution in [0.5, 0.6) is 0 Å². The van der Waals surface area contributed by atoms with Gasteiger partial charge in [-0.05, 0) is 29.7 Å². The zero-order valence-electron chi connectivity index (χ0n) is 6.78. The second kappa shape index (κ2) is 3.14. The highest BCUT2D eigenvalue weighted by Crippen LogP contribution is 2.24. The predicted octanol–water partition coefficient (Wildman–Crippen LogP) is 1.12. The highest BCUT2D eigenvalue weighted by molar-refractivity contribution is 7.98. The van der Waals surface area contributed by atoms with Gasteiger partial charge in [0.2, 0.25) is 0 Å². The minimum absolute atomic E-state index is 0.235. The first-order chi connectivity index (χ1) is 6.27. The molecule has 0 aliphatic carbocycles. The Morgan fingerprint density at radius 1 is 1.31 bits per heavy atom. The summed E-state index contributed by atoms with van der Waals surface area (Å²) in [6, 6.07) is 7.71. The maximum Gasteiger partial charge on any atom is 0.277 e. The SMILES string of the molecule is NC1=Cc2ccccc2SNC1=O. The van der Waals surface area contributed by atoms with Gasteiger partial charge in [-0.25, -0.2) is 0 Å². The zero-order valence-corrected chi connectivity index (χ0v) is 7.60. The first-order valence-electron chi connectivity index (χ1n) is 3.81. The van der Waals surface area contributed by atoms with E-state index in [1.807, 2.05) is 24.3 Å². The van der Waals surface area contributed by atoms with Crippen LogP contribution < -0.4 is 10.5 Å². The van der Waals surface area contributed by atoms with E-state index in [4.69, 9.17) is 5.73 Å². The number of fused-ring (bicyclic) bond motifs is 1. The maximum absolute atomic E-state index is 11.2. The molecular formula is C9H8N2OS. The third-order valence-corrected chi connectivity index (χ3v) is 2.63. The Hall–Kier alpha value is -1.42. The van der Waals surface area contributed by atoms with Crippen molar-refractivity contribution in [3.8, 4) is 0 Å². The van der Waals surface area contributed by atoms with E-state index in [2.05, 4.69) is 4.72 Å². The van der Waals surface area contributed by atoms with Crippen molar-refractivity contribution in [3.63, 3.8) is 0 Å². The van der Waals surface area contributed by atoms with Crippen LogP contribution >= 0.6 is 11.9 Å². The van der Waals surface area contributed by atoms with Crippen LogP contribution in [0.4, 0.5) is 0 Å². The fourth-order valence-corrected chi connectivity index (χ4v) is 1.80. The minimum atomic E-state index is -0.235. The Bertz CT molecular complexity index is 387. The molecule has 3 N–H and O–H groups in total. The summed E-state index contributed by atoms with van der Waals surface area (Å²) < 4.78 is 2.63. The Labute approximate surface area is 80.1 Å². The average Bonchev–Trinajstić information content (AvgIpc) is 2.28. The molecule has 0 saturated heterocycles. The lowest BCUT2D eigenvalue weighted by Crippen LogP contribution is -2.21. The van der Waals surface area contributed by atoms with Gasteiger partial charge >= 0.3 is 0 Å². The number of carbonyl (C=O) groups excluding carboxylic acids is 1. The van der Waals surface area contributed by atoms with E-state index in [0.717, 1.165) is 10.5 Å². The summed E-state index contributed by atoms with van der Waals surface area (Å²) in [5.41, 5.74) is 6.75. The summed E-state index contributed by atoms with van der Waals surface area (Å²) >= 11 is 1.29. The topological polar surface area (TPSA) is 55.1 Å². The highest BCUT2D eigenvalue weighted by atomic mass is 32.2. The molecule has 13 heavy (non-hydrogen) atoms. The van der Waals surface area contributed by atoms with E-state index < -0.39 is 0 Å². The van der Waals surface area contributed by atoms with Crippen LogP contribution in [0, 0.1) is 0 Å². The van der Waals surface area contributed by atoms with E-state index in [9.17, 15) is 4.79 Å². The van der Waals surface area contributed by atoms with Crippen LogP contribution in [0.15, 0.2) is 34.9 Å². The lowest BCUT2D eigenvalue weighted by atomic mass is 10.2. The molecule has 0 radical (unpaired) electrons. The van der Waals surface area contributed by atoms with Gasteiger partial charge in [-0.15, -0.1) is 0 Å². The predicted molar refractivity (Wildman–Crippen MR) is 52.6 cm³/mol. The smallest absolute Gasteiger partial charge is 0.277 e. The molecule has 2 rings (SSSR count). The maximum atomic E-state index is 11.2. The molecule has 3 nitrogen and oxygen atoms in total. The molecule has 0 aromatic heterocycles. The van der Waals surface area contributed by atoms with Gasteiger partial charge in [0.05, 0.1) is 5.70 Å². The number of nitrogens with two attached hydrogens (primary N) is 1. The van der Waals surface area contributed by atoms with Crippen molar-refractivity contribution in [1.29, 1.82) is 0 Å². The van der Waals surface area contributed by atoms with Crippen molar-refractivity contribution in [3.05, 3.63) is 35.5 Å². The minimum Gasteiger partial charge on any atom is -0.394 e. The number of rotatable bonds is 0. The first kappa shape index (κ1) is 8.19. The number of benzene rings is 1. The van der Waals surface area contributed by atoms with Crippen molar-refractivity contribution in [1.82, 2.24) is 4.72 Å². The van der Waals surface area contributed by atoms with Crippen LogP contribution in [0.3, 0.4) is 0 Å². The van der Waals surface area contributed by atoms with Gasteiger partial charge in [0.15, 0.2) is 0 Å². The molecule has 0 atom stereocenters. The molecule has 1 aromatic rings. The molecule has 0 bridgehead atoms. The van der Waals surface area contributed by atoms with Gasteiger partial charge in [0.1, 0.15) is 0 Å². The van der Waals surface area contributed by atoms with Crippen molar-refractivity contribution in [2.24, 2.45) is 5.73 Å². The monoisotopic (exact) mass is 192 g/mol. The van der Waals surface area contributed by atoms with Crippen molar-refractivity contribution in [2.45, 2.75) is 4.90 Å². The second-order valence-electron chi connectivity index (χ2n) is 2.67. The molecule has 0 fully saturated rings. The number of hydrogen-bond acceptors (Lipinski definition) is 3. The number of carbonyl (C=O) groups is 1. The van der Waals surface area contributed by atoms with E-state index in [-0.39, 0.29) is 11.6 Å². The van der Waals surface area contributed by atoms with Crippen molar-refractivity contribution >= 4 is 23.9 Å². The molecule has 1 heterocycles. The van der Waals surface area contributed by atoms with Crippen LogP contribution in [0.2, 0.25) is 0 Å². The summed E-state index contributed by atoms with van der Waals surface area (Å²) in [6.07, 6.45) is 1.69. The fraction of sp³-hybridized carbons (Fsp3) is 0. The summed E-state index contributed by atoms with van der Waals surface area (Å²) in [6.45, 7) is 0. The summed E-state index contributed by atoms with van der Waals surface area (Å²) in [5.74, 6) is -0.235. The van der Waals surface area contributed by atoms with Gasteiger partial charge in [-0.2, -0.15) is 0 Å². The van der Waals surface area contributed by atoms with Crippen LogP contribution in [-0.2, 0) is 4.79 Å². The molecule has 66 valence electrons. The van der Waals surface area contributed by atoms with Crippen molar-refractivity contribution < 1.29 is 4.79 Å². The number of nitrogens with one attached hydrogen (secondary N) is 1. The number of amides is 1. The van der Waals surface area contributed by atoms with E-state index in [1.165, 1.54) is 11.9 Å². The van der Waals surface area contributed by atoms with Gasteiger partial charge in [-0.3, -0.25) is 9.52 Å². The fourth-order valence-electron chi connectivity index (χ4n) is 1.09. The molecule has 1 aliphatic rings. The molecule has 1 amide bonds. The molecule has 1 aromatic carbocycles. The van der Waals surface area contributed by atoms with Crippen molar-refractivity contribution in [2.75, 3.05) is 0 Å². The normalized spacial score (nSPS) is 15.4. The second-order valence-corrected chi connectivity index (χ2v) is 3.52. The van der Waals surface area contributed by atoms with Gasteiger partial charge in [0.25, 0.3) is 5.91 Å². The molecule has 0 unspecified atom stereocenters. The van der Waals surface area contributed by atoms with Crippen LogP contribution in [0.25, 0.3) is 6.08 Å². The Kier molecular flexibility index (Phi) is 1.98. The van der Waals surface area contributed by atoms with Crippen LogP contribution in [0.1, 0.15) is 5.56 Å². The zero-order chi connectivity index (χ0) is 9.26. The molecule has 1 aliphatic heterocycles. The lowest BCUT2D eigenvalue weighted by Gasteiger charge is -2.00. The lowest BCUT2D eigenvalue weighted by molar-refractivity contribution is -0.115. The first-order valence-corrected chi connectivity index (χ1v) is 4.62. The van der Waals surface area contributed by atoms with E-state index in [1.54, 1.807) is 6.08 Å². The third kappa shape index (κ3) is 1.53. The third-order valence-electron chi connectivity index (χ3n) is 1.75. The molecule has 0 saturated carbocycles. The molecule has 4 heteroatoms. The van der Waals surface area contributed by atoms with Crippen LogP contribution in [-0.4, -0.2) is 5.91 Å². The largest absolute Gasteiger partial charge is 0.394 e. The average molecular weight is 192 g/mol. The standard InChI is InChI=1S/C9H8N2OS/c10-7-5-6-3-1-2-4-8(6)13-11-9(7)12/h1-5H,10H2,(H,11,12). The number of hydrogen-bond donors (Lipinski definition) is 2. The van der Waals surface area contributed by atoms with Gasteiger partial charge in [0, 0.05) is 4.90 Å². The van der Waals surface area contributed by atoms with Gasteiger partial charge in [-0.1, -0.05) is 18.2 Å². The molecular weight excluding hydrogens is 184 g/mol. The Balaban J connectivity index is 2.51. The Morgan fingerprint density at radius 3 is 2.92 bits per heavy atom. The summed E-state index contributed by atoms with van der Waals surface area (Å²) in [4.78, 5) is 12.2. The quantitative estimate of drug-likeness (QED) is 0.606. The van der Waals surface area contributed by atoms with E-state index in [0.29, 0.717) is 0 Å². The molecule has 0 spiro atoms. The summed E-state index contributed by atoms with van der Waals surface area (Å²) in [5, 5.41) is 0. The Morgan fingerprint density at radius 2 is 2.08 bits per heavy atom. The summed E-state index contributed by atoms with van der Waals surface area (Å²) in [7, 11) is 0.